The number of fused-ring (bicyclic) bond motifs is 30. The van der Waals surface area contributed by atoms with Crippen molar-refractivity contribution in [2.24, 2.45) is 59.2 Å². The Bertz CT molecular complexity index is 2020. The summed E-state index contributed by atoms with van der Waals surface area (Å²) in [6.07, 6.45) is 4.22. The fourth-order valence-electron chi connectivity index (χ4n) is 14.7. The highest BCUT2D eigenvalue weighted by atomic mass is 16.5. The molecule has 0 aromatic heterocycles. The van der Waals surface area contributed by atoms with Crippen LogP contribution in [0.25, 0.3) is 21.5 Å². The van der Waals surface area contributed by atoms with Crippen molar-refractivity contribution in [3.8, 4) is 23.6 Å². The molecule has 220 valence electrons. The van der Waals surface area contributed by atoms with Gasteiger partial charge in [-0.05, 0) is 170 Å². The molecule has 0 amide bonds. The van der Waals surface area contributed by atoms with E-state index < -0.39 is 0 Å². The summed E-state index contributed by atoms with van der Waals surface area (Å²) in [6.45, 7) is 0. The van der Waals surface area contributed by atoms with Crippen molar-refractivity contribution in [3.63, 3.8) is 0 Å². The normalized spacial score (nSPS) is 42.1. The predicted octanol–water partition coefficient (Wildman–Crippen LogP) is 8.23. The van der Waals surface area contributed by atoms with Gasteiger partial charge in [-0.25, -0.2) is 0 Å². The second-order valence-corrected chi connectivity index (χ2v) is 16.1. The molecular formula is C41H34N2O2. The zero-order valence-corrected chi connectivity index (χ0v) is 25.5. The van der Waals surface area contributed by atoms with Gasteiger partial charge in [-0.2, -0.15) is 10.5 Å². The maximum absolute atomic E-state index is 9.64. The number of hydrogen-bond acceptors (Lipinski definition) is 4. The smallest absolute Gasteiger partial charge is 0.161 e. The number of nitrogens with zero attached hydrogens (tertiary/aromatic N) is 2. The Hall–Kier alpha value is -4.02. The Balaban J connectivity index is 0.901. The molecule has 4 nitrogen and oxygen atoms in total. The van der Waals surface area contributed by atoms with Crippen LogP contribution >= 0.6 is 0 Å². The van der Waals surface area contributed by atoms with Crippen LogP contribution in [-0.4, -0.2) is 14.2 Å². The molecule has 14 atom stereocenters. The largest absolute Gasteiger partial charge is 0.493 e. The van der Waals surface area contributed by atoms with Gasteiger partial charge in [0, 0.05) is 0 Å². The molecule has 0 aliphatic heterocycles. The topological polar surface area (TPSA) is 66.0 Å². The summed E-state index contributed by atoms with van der Waals surface area (Å²) >= 11 is 0. The summed E-state index contributed by atoms with van der Waals surface area (Å²) in [5.41, 5.74) is 7.49. The van der Waals surface area contributed by atoms with Crippen LogP contribution in [0, 0.1) is 81.8 Å². The summed E-state index contributed by atoms with van der Waals surface area (Å²) in [7, 11) is 3.47. The lowest BCUT2D eigenvalue weighted by Gasteiger charge is -2.67. The van der Waals surface area contributed by atoms with Crippen molar-refractivity contribution < 1.29 is 9.47 Å². The summed E-state index contributed by atoms with van der Waals surface area (Å²) < 4.78 is 11.3. The standard InChI is InChI=1S/C41H34N2O2/c1-44-32-9-18-7-24-25(8-19(18)10-33(32)45-2)29-12-28(24)36-37(29)41-31-13-30(40(36)41)38-34-26-11-27(35(34)39(31)38)23-6-17-4-21(15-43)20(14-42)3-16(17)5-22(23)26/h3-10,26-31,34-41H,11-13H2,1-2H3/t26-,27+,28+,29-,30?,31?,34-,35+,36+,37-,38+,39-,40-,41+. The molecular weight excluding hydrogens is 552 g/mol. The van der Waals surface area contributed by atoms with Gasteiger partial charge in [-0.3, -0.25) is 0 Å². The first-order chi connectivity index (χ1) is 22.1. The zero-order chi connectivity index (χ0) is 29.6. The van der Waals surface area contributed by atoms with Crippen LogP contribution in [0.4, 0.5) is 0 Å². The van der Waals surface area contributed by atoms with Crippen LogP contribution in [0.2, 0.25) is 0 Å². The van der Waals surface area contributed by atoms with Crippen molar-refractivity contribution in [1.29, 1.82) is 10.5 Å². The Kier molecular flexibility index (Phi) is 4.13. The highest BCUT2D eigenvalue weighted by Crippen LogP contribution is 2.87. The minimum absolute atomic E-state index is 0.507. The second-order valence-electron chi connectivity index (χ2n) is 16.1. The molecule has 8 aliphatic rings. The molecule has 0 saturated heterocycles. The van der Waals surface area contributed by atoms with Gasteiger partial charge in [0.1, 0.15) is 12.1 Å². The van der Waals surface area contributed by atoms with E-state index in [1.54, 1.807) is 36.5 Å². The maximum atomic E-state index is 9.64. The number of hydrogen-bond donors (Lipinski definition) is 0. The lowest BCUT2D eigenvalue weighted by atomic mass is 9.37. The maximum Gasteiger partial charge on any atom is 0.161 e. The first-order valence-corrected chi connectivity index (χ1v) is 17.2. The minimum atomic E-state index is 0.507. The Morgan fingerprint density at radius 3 is 1.11 bits per heavy atom. The van der Waals surface area contributed by atoms with Gasteiger partial charge in [0.2, 0.25) is 0 Å². The number of nitriles is 2. The molecule has 6 saturated carbocycles. The molecule has 0 N–H and O–H groups in total. The van der Waals surface area contributed by atoms with E-state index in [4.69, 9.17) is 9.47 Å². The van der Waals surface area contributed by atoms with Crippen LogP contribution in [0.5, 0.6) is 11.5 Å². The van der Waals surface area contributed by atoms with E-state index in [0.29, 0.717) is 23.0 Å². The Labute approximate surface area is 262 Å². The third kappa shape index (κ3) is 2.50. The zero-order valence-electron chi connectivity index (χ0n) is 25.5. The van der Waals surface area contributed by atoms with Gasteiger partial charge in [0.05, 0.1) is 25.3 Å². The van der Waals surface area contributed by atoms with Crippen LogP contribution in [0.1, 0.15) is 76.3 Å². The average Bonchev–Trinajstić information content (AvgIpc) is 3.85. The summed E-state index contributed by atoms with van der Waals surface area (Å²) in [5, 5.41) is 24.2. The fraction of sp³-hybridized carbons (Fsp3) is 0.463. The Morgan fingerprint density at radius 1 is 0.467 bits per heavy atom. The molecule has 0 heterocycles. The van der Waals surface area contributed by atoms with Crippen LogP contribution in [0.15, 0.2) is 48.5 Å². The van der Waals surface area contributed by atoms with E-state index in [9.17, 15) is 10.5 Å². The molecule has 0 radical (unpaired) electrons. The third-order valence-corrected chi connectivity index (χ3v) is 15.5. The van der Waals surface area contributed by atoms with Crippen molar-refractivity contribution >= 4 is 21.5 Å². The van der Waals surface area contributed by atoms with E-state index in [1.165, 1.54) is 30.0 Å². The summed E-state index contributed by atoms with van der Waals surface area (Å²) in [5.74, 6) is 13.9. The van der Waals surface area contributed by atoms with Gasteiger partial charge < -0.3 is 9.47 Å². The van der Waals surface area contributed by atoms with Crippen molar-refractivity contribution in [2.45, 2.75) is 42.9 Å². The van der Waals surface area contributed by atoms with Crippen molar-refractivity contribution in [1.82, 2.24) is 0 Å². The van der Waals surface area contributed by atoms with Crippen LogP contribution < -0.4 is 9.47 Å². The molecule has 0 spiro atoms. The summed E-state index contributed by atoms with van der Waals surface area (Å²) in [6, 6.07) is 22.6. The van der Waals surface area contributed by atoms with E-state index in [1.807, 2.05) is 12.1 Å². The van der Waals surface area contributed by atoms with E-state index in [-0.39, 0.29) is 0 Å². The van der Waals surface area contributed by atoms with E-state index >= 15 is 0 Å². The average molecular weight is 587 g/mol. The minimum Gasteiger partial charge on any atom is -0.493 e. The first kappa shape index (κ1) is 24.2. The van der Waals surface area contributed by atoms with Crippen LogP contribution in [-0.2, 0) is 0 Å². The quantitative estimate of drug-likeness (QED) is 0.175. The SMILES string of the molecule is COc1cc2cc3c(cc2cc1OC)[C@@H]1C[C@H]3[C@H]2[C@@H]3C4CC([C@@H]5[C@H]4[C@@H]4[C@H]5[C@@H]5C[C@H]4c4cc6cc(C#N)c(C#N)cc6cc45)[C@@H]3[C@H]21. The molecule has 4 aromatic carbocycles. The number of methoxy groups -OCH3 is 2. The highest BCUT2D eigenvalue weighted by Gasteiger charge is 2.80. The first-order valence-electron chi connectivity index (χ1n) is 17.2. The van der Waals surface area contributed by atoms with E-state index in [0.717, 1.165) is 93.3 Å². The fourth-order valence-corrected chi connectivity index (χ4v) is 14.7. The molecule has 4 aromatic rings. The van der Waals surface area contributed by atoms with Crippen LogP contribution in [0.3, 0.4) is 0 Å². The highest BCUT2D eigenvalue weighted by molar-refractivity contribution is 5.89. The third-order valence-electron chi connectivity index (χ3n) is 15.5. The molecule has 8 aliphatic carbocycles. The monoisotopic (exact) mass is 586 g/mol. The van der Waals surface area contributed by atoms with Gasteiger partial charge in [0.25, 0.3) is 0 Å². The second kappa shape index (κ2) is 7.67. The molecule has 2 unspecified atom stereocenters. The van der Waals surface area contributed by atoms with Crippen molar-refractivity contribution in [2.75, 3.05) is 14.2 Å². The number of rotatable bonds is 2. The molecule has 6 bridgehead atoms. The Morgan fingerprint density at radius 2 is 0.800 bits per heavy atom. The lowest BCUT2D eigenvalue weighted by Crippen LogP contribution is -2.62. The molecule has 12 rings (SSSR count). The van der Waals surface area contributed by atoms with Crippen molar-refractivity contribution in [3.05, 3.63) is 81.9 Å². The summed E-state index contributed by atoms with van der Waals surface area (Å²) in [4.78, 5) is 0. The van der Waals surface area contributed by atoms with Gasteiger partial charge in [0.15, 0.2) is 11.5 Å². The molecule has 6 fully saturated rings. The van der Waals surface area contributed by atoms with Gasteiger partial charge in [-0.15, -0.1) is 0 Å². The number of benzene rings is 4. The predicted molar refractivity (Wildman–Crippen MR) is 170 cm³/mol. The molecule has 4 heteroatoms. The lowest BCUT2D eigenvalue weighted by molar-refractivity contribution is -0.174. The van der Waals surface area contributed by atoms with Gasteiger partial charge in [-0.1, -0.05) is 24.3 Å². The molecule has 45 heavy (non-hydrogen) atoms. The van der Waals surface area contributed by atoms with E-state index in [2.05, 4.69) is 48.5 Å². The van der Waals surface area contributed by atoms with Gasteiger partial charge >= 0.3 is 0 Å². The number of ether oxygens (including phenoxy) is 2.